The predicted molar refractivity (Wildman–Crippen MR) is 87.5 cm³/mol. The highest BCUT2D eigenvalue weighted by Gasteiger charge is 2.12. The van der Waals surface area contributed by atoms with Crippen LogP contribution in [0.5, 0.6) is 0 Å². The van der Waals surface area contributed by atoms with Gasteiger partial charge in [-0.3, -0.25) is 4.98 Å². The molecule has 3 aromatic rings. The standard InChI is InChI=1S/C15H17ClN6/c1-3-4-7-22-9-18-12-13(16)20-15(21-14(12)22)19-11-6-5-10(2)17-8-11/h5-6,8-9H,3-4,7H2,1-2H3,(H,19,20,21). The molecule has 22 heavy (non-hydrogen) atoms. The molecule has 3 aromatic heterocycles. The third-order valence-electron chi connectivity index (χ3n) is 3.34. The van der Waals surface area contributed by atoms with Crippen molar-refractivity contribution in [3.63, 3.8) is 0 Å². The zero-order chi connectivity index (χ0) is 15.5. The molecule has 0 saturated heterocycles. The topological polar surface area (TPSA) is 68.5 Å². The van der Waals surface area contributed by atoms with Crippen LogP contribution in [0.15, 0.2) is 24.7 Å². The molecule has 0 atom stereocenters. The molecule has 0 aliphatic heterocycles. The number of nitrogens with one attached hydrogen (secondary N) is 1. The van der Waals surface area contributed by atoms with Crippen molar-refractivity contribution in [1.29, 1.82) is 0 Å². The van der Waals surface area contributed by atoms with Gasteiger partial charge in [-0.05, 0) is 25.5 Å². The van der Waals surface area contributed by atoms with Crippen LogP contribution >= 0.6 is 11.6 Å². The average molecular weight is 317 g/mol. The molecule has 6 nitrogen and oxygen atoms in total. The Bertz CT molecular complexity index is 781. The maximum absolute atomic E-state index is 6.22. The second kappa shape index (κ2) is 6.27. The fraction of sp³-hybridized carbons (Fsp3) is 0.333. The molecule has 0 fully saturated rings. The first-order valence-corrected chi connectivity index (χ1v) is 7.63. The molecule has 0 spiro atoms. The number of unbranched alkanes of at least 4 members (excludes halogenated alkanes) is 1. The molecule has 0 radical (unpaired) electrons. The summed E-state index contributed by atoms with van der Waals surface area (Å²) in [6.45, 7) is 4.96. The summed E-state index contributed by atoms with van der Waals surface area (Å²) >= 11 is 6.22. The Morgan fingerprint density at radius 2 is 2.09 bits per heavy atom. The van der Waals surface area contributed by atoms with Crippen molar-refractivity contribution in [2.75, 3.05) is 5.32 Å². The van der Waals surface area contributed by atoms with Gasteiger partial charge in [0.25, 0.3) is 0 Å². The van der Waals surface area contributed by atoms with Gasteiger partial charge in [0.2, 0.25) is 5.95 Å². The molecule has 3 rings (SSSR count). The normalized spacial score (nSPS) is 11.0. The second-order valence-corrected chi connectivity index (χ2v) is 5.47. The van der Waals surface area contributed by atoms with Crippen LogP contribution in [0.4, 0.5) is 11.6 Å². The molecule has 114 valence electrons. The Balaban J connectivity index is 1.94. The van der Waals surface area contributed by atoms with Gasteiger partial charge in [0, 0.05) is 12.2 Å². The van der Waals surface area contributed by atoms with Gasteiger partial charge in [0.1, 0.15) is 5.52 Å². The molecule has 0 bridgehead atoms. The first kappa shape index (κ1) is 14.7. The molecular formula is C15H17ClN6. The largest absolute Gasteiger partial charge is 0.323 e. The number of imidazole rings is 1. The molecule has 0 aliphatic rings. The minimum absolute atomic E-state index is 0.350. The predicted octanol–water partition coefficient (Wildman–Crippen LogP) is 3.73. The van der Waals surface area contributed by atoms with Crippen LogP contribution in [0.3, 0.4) is 0 Å². The van der Waals surface area contributed by atoms with Gasteiger partial charge >= 0.3 is 0 Å². The quantitative estimate of drug-likeness (QED) is 0.726. The minimum Gasteiger partial charge on any atom is -0.323 e. The summed E-state index contributed by atoms with van der Waals surface area (Å²) in [5.74, 6) is 0.446. The first-order valence-electron chi connectivity index (χ1n) is 7.25. The maximum atomic E-state index is 6.22. The van der Waals surface area contributed by atoms with E-state index in [1.165, 1.54) is 0 Å². The monoisotopic (exact) mass is 316 g/mol. The molecule has 0 saturated carbocycles. The van der Waals surface area contributed by atoms with Crippen molar-refractivity contribution >= 4 is 34.4 Å². The van der Waals surface area contributed by atoms with E-state index < -0.39 is 0 Å². The third-order valence-corrected chi connectivity index (χ3v) is 3.60. The Kier molecular flexibility index (Phi) is 4.20. The number of aromatic nitrogens is 5. The highest BCUT2D eigenvalue weighted by atomic mass is 35.5. The number of anilines is 2. The zero-order valence-electron chi connectivity index (χ0n) is 12.5. The van der Waals surface area contributed by atoms with E-state index >= 15 is 0 Å². The maximum Gasteiger partial charge on any atom is 0.230 e. The van der Waals surface area contributed by atoms with Crippen LogP contribution in [0.1, 0.15) is 25.5 Å². The first-order chi connectivity index (χ1) is 10.7. The summed E-state index contributed by atoms with van der Waals surface area (Å²) in [6.07, 6.45) is 5.68. The van der Waals surface area contributed by atoms with Crippen LogP contribution in [0.25, 0.3) is 11.2 Å². The van der Waals surface area contributed by atoms with E-state index in [-0.39, 0.29) is 0 Å². The van der Waals surface area contributed by atoms with Gasteiger partial charge < -0.3 is 9.88 Å². The number of nitrogens with zero attached hydrogens (tertiary/aromatic N) is 5. The van der Waals surface area contributed by atoms with Crippen molar-refractivity contribution in [3.05, 3.63) is 35.5 Å². The number of hydrogen-bond donors (Lipinski definition) is 1. The number of rotatable bonds is 5. The molecular weight excluding hydrogens is 300 g/mol. The molecule has 0 unspecified atom stereocenters. The van der Waals surface area contributed by atoms with E-state index in [2.05, 4.69) is 32.2 Å². The lowest BCUT2D eigenvalue weighted by Gasteiger charge is -2.07. The molecule has 7 heteroatoms. The number of hydrogen-bond acceptors (Lipinski definition) is 5. The fourth-order valence-corrected chi connectivity index (χ4v) is 2.34. The fourth-order valence-electron chi connectivity index (χ4n) is 2.13. The Labute approximate surface area is 133 Å². The molecule has 3 heterocycles. The summed E-state index contributed by atoms with van der Waals surface area (Å²) in [5.41, 5.74) is 3.15. The highest BCUT2D eigenvalue weighted by molar-refractivity contribution is 6.33. The average Bonchev–Trinajstić information content (AvgIpc) is 2.91. The van der Waals surface area contributed by atoms with E-state index in [0.717, 1.165) is 36.4 Å². The van der Waals surface area contributed by atoms with E-state index in [1.807, 2.05) is 23.6 Å². The van der Waals surface area contributed by atoms with Gasteiger partial charge in [0.05, 0.1) is 18.2 Å². The second-order valence-electron chi connectivity index (χ2n) is 5.12. The summed E-state index contributed by atoms with van der Waals surface area (Å²) < 4.78 is 2.00. The number of pyridine rings is 1. The van der Waals surface area contributed by atoms with Crippen LogP contribution in [-0.2, 0) is 6.54 Å². The Hall–Kier alpha value is -2.21. The minimum atomic E-state index is 0.350. The third kappa shape index (κ3) is 3.01. The Morgan fingerprint density at radius 1 is 1.23 bits per heavy atom. The number of halogens is 1. The molecule has 0 aromatic carbocycles. The van der Waals surface area contributed by atoms with Crippen LogP contribution in [-0.4, -0.2) is 24.5 Å². The van der Waals surface area contributed by atoms with E-state index in [1.54, 1.807) is 12.5 Å². The van der Waals surface area contributed by atoms with Gasteiger partial charge in [-0.1, -0.05) is 24.9 Å². The summed E-state index contributed by atoms with van der Waals surface area (Å²) in [4.78, 5) is 17.3. The molecule has 0 aliphatic carbocycles. The van der Waals surface area contributed by atoms with Crippen molar-refractivity contribution in [1.82, 2.24) is 24.5 Å². The lowest BCUT2D eigenvalue weighted by atomic mass is 10.3. The SMILES string of the molecule is CCCCn1cnc2c(Cl)nc(Nc3ccc(C)nc3)nc21. The van der Waals surface area contributed by atoms with E-state index in [9.17, 15) is 0 Å². The molecule has 1 N–H and O–H groups in total. The van der Waals surface area contributed by atoms with Crippen LogP contribution in [0, 0.1) is 6.92 Å². The lowest BCUT2D eigenvalue weighted by Crippen LogP contribution is -2.02. The highest BCUT2D eigenvalue weighted by Crippen LogP contribution is 2.22. The van der Waals surface area contributed by atoms with E-state index in [4.69, 9.17) is 11.6 Å². The summed E-state index contributed by atoms with van der Waals surface area (Å²) in [6, 6.07) is 3.85. The Morgan fingerprint density at radius 3 is 2.82 bits per heavy atom. The van der Waals surface area contributed by atoms with Gasteiger partial charge in [-0.2, -0.15) is 9.97 Å². The molecule has 0 amide bonds. The number of aryl methyl sites for hydroxylation is 2. The van der Waals surface area contributed by atoms with Crippen molar-refractivity contribution in [2.24, 2.45) is 0 Å². The van der Waals surface area contributed by atoms with Crippen LogP contribution in [0.2, 0.25) is 5.15 Å². The smallest absolute Gasteiger partial charge is 0.230 e. The van der Waals surface area contributed by atoms with Gasteiger partial charge in [-0.15, -0.1) is 0 Å². The van der Waals surface area contributed by atoms with E-state index in [0.29, 0.717) is 16.6 Å². The van der Waals surface area contributed by atoms with Crippen molar-refractivity contribution < 1.29 is 0 Å². The van der Waals surface area contributed by atoms with Crippen LogP contribution < -0.4 is 5.32 Å². The summed E-state index contributed by atoms with van der Waals surface area (Å²) in [5, 5.41) is 3.48. The zero-order valence-corrected chi connectivity index (χ0v) is 13.3. The van der Waals surface area contributed by atoms with Gasteiger partial charge in [0.15, 0.2) is 10.8 Å². The lowest BCUT2D eigenvalue weighted by molar-refractivity contribution is 0.642. The summed E-state index contributed by atoms with van der Waals surface area (Å²) in [7, 11) is 0. The van der Waals surface area contributed by atoms with Gasteiger partial charge in [-0.25, -0.2) is 4.98 Å². The van der Waals surface area contributed by atoms with Crippen molar-refractivity contribution in [3.8, 4) is 0 Å². The number of fused-ring (bicyclic) bond motifs is 1. The van der Waals surface area contributed by atoms with Crippen molar-refractivity contribution in [2.45, 2.75) is 33.2 Å².